The molecule has 2 heterocycles. The first-order valence-corrected chi connectivity index (χ1v) is 16.2. The number of amides is 1. The van der Waals surface area contributed by atoms with Gasteiger partial charge in [0.25, 0.3) is 5.91 Å². The molecule has 0 unspecified atom stereocenters. The van der Waals surface area contributed by atoms with Crippen molar-refractivity contribution in [2.75, 3.05) is 46.2 Å². The van der Waals surface area contributed by atoms with E-state index in [1.165, 1.54) is 12.8 Å². The van der Waals surface area contributed by atoms with Gasteiger partial charge in [0.05, 0.1) is 31.2 Å². The summed E-state index contributed by atoms with van der Waals surface area (Å²) in [5.41, 5.74) is 4.12. The van der Waals surface area contributed by atoms with E-state index in [-0.39, 0.29) is 11.7 Å². The number of aromatic nitrogens is 1. The van der Waals surface area contributed by atoms with E-state index in [0.29, 0.717) is 38.2 Å². The Labute approximate surface area is 244 Å². The minimum Gasteiger partial charge on any atom is -0.497 e. The van der Waals surface area contributed by atoms with Gasteiger partial charge in [-0.3, -0.25) is 4.79 Å². The smallest absolute Gasteiger partial charge is 0.255 e. The van der Waals surface area contributed by atoms with Gasteiger partial charge < -0.3 is 18.9 Å². The van der Waals surface area contributed by atoms with Gasteiger partial charge in [0.2, 0.25) is 10.0 Å². The second-order valence-electron chi connectivity index (χ2n) is 10.6. The highest BCUT2D eigenvalue weighted by Gasteiger charge is 2.31. The largest absolute Gasteiger partial charge is 0.497 e. The molecule has 4 rings (SSSR count). The molecule has 0 spiro atoms. The predicted octanol–water partition coefficient (Wildman–Crippen LogP) is 5.92. The highest BCUT2D eigenvalue weighted by molar-refractivity contribution is 7.89. The lowest BCUT2D eigenvalue weighted by molar-refractivity contribution is 0.0697. The molecular formula is C32H43N3O5S. The molecule has 1 amide bonds. The minimum atomic E-state index is -3.32. The Hall–Kier alpha value is -3.30. The molecule has 222 valence electrons. The van der Waals surface area contributed by atoms with Gasteiger partial charge in [-0.05, 0) is 61.4 Å². The van der Waals surface area contributed by atoms with Gasteiger partial charge in [0, 0.05) is 43.6 Å². The molecule has 1 aromatic heterocycles. The SMILES string of the molecule is CCCCCCCCS(=O)(=O)N1CCN(C(=O)c2cc(-c3ccc(OC)cc3)n(-c3cccc(OC)c3)c2C)CC1. The van der Waals surface area contributed by atoms with Gasteiger partial charge in [0.15, 0.2) is 0 Å². The molecule has 0 aliphatic carbocycles. The zero-order valence-electron chi connectivity index (χ0n) is 24.8. The number of carbonyl (C=O) groups excluding carboxylic acids is 1. The van der Waals surface area contributed by atoms with E-state index in [9.17, 15) is 13.2 Å². The maximum atomic E-state index is 13.8. The second kappa shape index (κ2) is 14.0. The summed E-state index contributed by atoms with van der Waals surface area (Å²) < 4.78 is 40.3. The van der Waals surface area contributed by atoms with Crippen molar-refractivity contribution in [2.24, 2.45) is 0 Å². The van der Waals surface area contributed by atoms with Crippen LogP contribution in [0.5, 0.6) is 11.5 Å². The fraction of sp³-hybridized carbons (Fsp3) is 0.469. The van der Waals surface area contributed by atoms with Crippen molar-refractivity contribution >= 4 is 15.9 Å². The van der Waals surface area contributed by atoms with E-state index in [0.717, 1.165) is 53.4 Å². The number of rotatable bonds is 13. The Morgan fingerprint density at radius 3 is 2.15 bits per heavy atom. The van der Waals surface area contributed by atoms with E-state index in [1.807, 2.05) is 61.5 Å². The summed E-state index contributed by atoms with van der Waals surface area (Å²) in [6.45, 7) is 5.51. The predicted molar refractivity (Wildman–Crippen MR) is 164 cm³/mol. The molecule has 1 fully saturated rings. The molecule has 0 atom stereocenters. The first kappa shape index (κ1) is 30.7. The second-order valence-corrected chi connectivity index (χ2v) is 12.7. The molecule has 8 nitrogen and oxygen atoms in total. The number of carbonyl (C=O) groups is 1. The van der Waals surface area contributed by atoms with Crippen molar-refractivity contribution in [1.82, 2.24) is 13.8 Å². The van der Waals surface area contributed by atoms with Crippen molar-refractivity contribution in [3.8, 4) is 28.4 Å². The summed E-state index contributed by atoms with van der Waals surface area (Å²) in [7, 11) is -0.0491. The van der Waals surface area contributed by atoms with Gasteiger partial charge in [-0.25, -0.2) is 8.42 Å². The summed E-state index contributed by atoms with van der Waals surface area (Å²) >= 11 is 0. The van der Waals surface area contributed by atoms with Crippen LogP contribution in [0.4, 0.5) is 0 Å². The van der Waals surface area contributed by atoms with Crippen LogP contribution in [0.1, 0.15) is 61.5 Å². The molecule has 0 saturated carbocycles. The van der Waals surface area contributed by atoms with Crippen LogP contribution < -0.4 is 9.47 Å². The monoisotopic (exact) mass is 581 g/mol. The minimum absolute atomic E-state index is 0.0909. The van der Waals surface area contributed by atoms with Crippen LogP contribution in [0.25, 0.3) is 16.9 Å². The molecule has 0 bridgehead atoms. The Kier molecular flexibility index (Phi) is 10.5. The Balaban J connectivity index is 1.52. The molecule has 0 radical (unpaired) electrons. The number of nitrogens with zero attached hydrogens (tertiary/aromatic N) is 3. The normalized spacial score (nSPS) is 14.3. The standard InChI is InChI=1S/C32H43N3O5S/c1-5-6-7-8-9-10-22-41(37,38)34-20-18-33(19-21-34)32(36)30-24-31(26-14-16-28(39-3)17-15-26)35(25(30)2)27-12-11-13-29(23-27)40-4/h11-17,23-24H,5-10,18-22H2,1-4H3. The fourth-order valence-corrected chi connectivity index (χ4v) is 6.96. The van der Waals surface area contributed by atoms with E-state index in [4.69, 9.17) is 9.47 Å². The van der Waals surface area contributed by atoms with Crippen LogP contribution in [0.15, 0.2) is 54.6 Å². The number of unbranched alkanes of at least 4 members (excludes halogenated alkanes) is 5. The summed E-state index contributed by atoms with van der Waals surface area (Å²) in [6.07, 6.45) is 6.26. The fourth-order valence-electron chi connectivity index (χ4n) is 5.41. The van der Waals surface area contributed by atoms with Crippen molar-refractivity contribution in [3.05, 3.63) is 65.9 Å². The van der Waals surface area contributed by atoms with Crippen LogP contribution in [0.2, 0.25) is 0 Å². The zero-order valence-corrected chi connectivity index (χ0v) is 25.6. The lowest BCUT2D eigenvalue weighted by Gasteiger charge is -2.34. The molecule has 0 N–H and O–H groups in total. The van der Waals surface area contributed by atoms with Crippen molar-refractivity contribution < 1.29 is 22.7 Å². The molecule has 1 aliphatic heterocycles. The van der Waals surface area contributed by atoms with Crippen molar-refractivity contribution in [2.45, 2.75) is 52.4 Å². The number of methoxy groups -OCH3 is 2. The third-order valence-corrected chi connectivity index (χ3v) is 9.81. The Morgan fingerprint density at radius 2 is 1.49 bits per heavy atom. The number of piperazine rings is 1. The lowest BCUT2D eigenvalue weighted by Crippen LogP contribution is -2.51. The molecule has 41 heavy (non-hydrogen) atoms. The van der Waals surface area contributed by atoms with Gasteiger partial charge in [-0.1, -0.05) is 45.1 Å². The number of hydrogen-bond donors (Lipinski definition) is 0. The summed E-state index contributed by atoms with van der Waals surface area (Å²) in [6, 6.07) is 17.4. The van der Waals surface area contributed by atoms with Gasteiger partial charge in [-0.15, -0.1) is 0 Å². The van der Waals surface area contributed by atoms with Crippen molar-refractivity contribution in [1.29, 1.82) is 0 Å². The number of sulfonamides is 1. The summed E-state index contributed by atoms with van der Waals surface area (Å²) in [5.74, 6) is 1.57. The highest BCUT2D eigenvalue weighted by Crippen LogP contribution is 2.32. The summed E-state index contributed by atoms with van der Waals surface area (Å²) in [5, 5.41) is 0. The van der Waals surface area contributed by atoms with Crippen LogP contribution in [0, 0.1) is 6.92 Å². The average molecular weight is 582 g/mol. The zero-order chi connectivity index (χ0) is 29.4. The third-order valence-electron chi connectivity index (χ3n) is 7.85. The molecule has 1 saturated heterocycles. The van der Waals surface area contributed by atoms with E-state index in [2.05, 4.69) is 11.5 Å². The average Bonchev–Trinajstić information content (AvgIpc) is 3.35. The van der Waals surface area contributed by atoms with Gasteiger partial charge in [0.1, 0.15) is 11.5 Å². The van der Waals surface area contributed by atoms with Crippen LogP contribution in [0.3, 0.4) is 0 Å². The molecule has 1 aliphatic rings. The maximum Gasteiger partial charge on any atom is 0.255 e. The maximum absolute atomic E-state index is 13.8. The highest BCUT2D eigenvalue weighted by atomic mass is 32.2. The van der Waals surface area contributed by atoms with E-state index >= 15 is 0 Å². The lowest BCUT2D eigenvalue weighted by atomic mass is 10.1. The van der Waals surface area contributed by atoms with Gasteiger partial charge >= 0.3 is 0 Å². The first-order valence-electron chi connectivity index (χ1n) is 14.6. The number of benzene rings is 2. The van der Waals surface area contributed by atoms with Crippen LogP contribution in [-0.4, -0.2) is 74.2 Å². The topological polar surface area (TPSA) is 81.1 Å². The number of hydrogen-bond acceptors (Lipinski definition) is 5. The number of ether oxygens (including phenoxy) is 2. The quantitative estimate of drug-likeness (QED) is 0.234. The van der Waals surface area contributed by atoms with E-state index in [1.54, 1.807) is 23.4 Å². The Morgan fingerprint density at radius 1 is 0.829 bits per heavy atom. The molecule has 9 heteroatoms. The van der Waals surface area contributed by atoms with Gasteiger partial charge in [-0.2, -0.15) is 4.31 Å². The molecular weight excluding hydrogens is 538 g/mol. The van der Waals surface area contributed by atoms with E-state index < -0.39 is 10.0 Å². The molecule has 2 aromatic carbocycles. The summed E-state index contributed by atoms with van der Waals surface area (Å²) in [4.78, 5) is 15.6. The molecule has 3 aromatic rings. The first-order chi connectivity index (χ1) is 19.8. The van der Waals surface area contributed by atoms with Crippen LogP contribution in [-0.2, 0) is 10.0 Å². The van der Waals surface area contributed by atoms with Crippen molar-refractivity contribution in [3.63, 3.8) is 0 Å². The third kappa shape index (κ3) is 7.32. The van der Waals surface area contributed by atoms with Crippen LogP contribution >= 0.6 is 0 Å². The Bertz CT molecular complexity index is 1410.